The third-order valence-corrected chi connectivity index (χ3v) is 4.23. The summed E-state index contributed by atoms with van der Waals surface area (Å²) in [6.45, 7) is 0.0495. The molecule has 0 fully saturated rings. The zero-order chi connectivity index (χ0) is 14.6. The molecule has 106 valence electrons. The molecule has 20 heavy (non-hydrogen) atoms. The second-order valence-corrected chi connectivity index (χ2v) is 6.00. The van der Waals surface area contributed by atoms with Crippen LogP contribution in [-0.4, -0.2) is 15.5 Å². The molecule has 0 spiro atoms. The molecule has 6 heteroatoms. The van der Waals surface area contributed by atoms with Gasteiger partial charge in [-0.1, -0.05) is 12.1 Å². The molecule has 0 amide bonds. The molecule has 0 unspecified atom stereocenters. The summed E-state index contributed by atoms with van der Waals surface area (Å²) in [5, 5.41) is 2.91. The highest BCUT2D eigenvalue weighted by Crippen LogP contribution is 2.14. The van der Waals surface area contributed by atoms with E-state index in [9.17, 15) is 12.8 Å². The Labute approximate surface area is 117 Å². The van der Waals surface area contributed by atoms with Crippen LogP contribution in [0.1, 0.15) is 5.56 Å². The molecular weight excluding hydrogens is 279 g/mol. The zero-order valence-electron chi connectivity index (χ0n) is 10.9. The molecule has 2 aromatic rings. The van der Waals surface area contributed by atoms with Gasteiger partial charge in [-0.25, -0.2) is 17.5 Å². The highest BCUT2D eigenvalue weighted by Gasteiger charge is 2.13. The number of rotatable bonds is 5. The van der Waals surface area contributed by atoms with Crippen molar-refractivity contribution in [3.05, 3.63) is 59.9 Å². The maximum absolute atomic E-state index is 13.0. The van der Waals surface area contributed by atoms with Crippen LogP contribution in [0.5, 0.6) is 0 Å². The topological polar surface area (TPSA) is 58.2 Å². The number of anilines is 1. The van der Waals surface area contributed by atoms with E-state index in [4.69, 9.17) is 0 Å². The van der Waals surface area contributed by atoms with Gasteiger partial charge in [0.15, 0.2) is 0 Å². The number of benzene rings is 2. The Morgan fingerprint density at radius 2 is 1.80 bits per heavy atom. The first-order valence-corrected chi connectivity index (χ1v) is 7.51. The van der Waals surface area contributed by atoms with Gasteiger partial charge in [-0.05, 0) is 42.0 Å². The van der Waals surface area contributed by atoms with Crippen molar-refractivity contribution in [3.8, 4) is 0 Å². The first kappa shape index (κ1) is 14.5. The Balaban J connectivity index is 2.10. The Hall–Kier alpha value is -1.92. The van der Waals surface area contributed by atoms with Gasteiger partial charge in [-0.3, -0.25) is 0 Å². The van der Waals surface area contributed by atoms with E-state index in [0.717, 1.165) is 5.69 Å². The van der Waals surface area contributed by atoms with Crippen molar-refractivity contribution in [3.63, 3.8) is 0 Å². The lowest BCUT2D eigenvalue weighted by Crippen LogP contribution is -2.23. The summed E-state index contributed by atoms with van der Waals surface area (Å²) in [6.07, 6.45) is 0. The summed E-state index contributed by atoms with van der Waals surface area (Å²) in [5.41, 5.74) is 1.40. The predicted octanol–water partition coefficient (Wildman–Crippen LogP) is 2.35. The Kier molecular flexibility index (Phi) is 4.36. The van der Waals surface area contributed by atoms with Crippen LogP contribution < -0.4 is 10.0 Å². The summed E-state index contributed by atoms with van der Waals surface area (Å²) in [7, 11) is -1.84. The lowest BCUT2D eigenvalue weighted by molar-refractivity contribution is 0.580. The fraction of sp³-hybridized carbons (Fsp3) is 0.143. The molecule has 0 radical (unpaired) electrons. The van der Waals surface area contributed by atoms with Crippen molar-refractivity contribution < 1.29 is 12.8 Å². The summed E-state index contributed by atoms with van der Waals surface area (Å²) in [6, 6.07) is 12.2. The van der Waals surface area contributed by atoms with Crippen molar-refractivity contribution in [2.45, 2.75) is 11.4 Å². The Bertz CT molecular complexity index is 685. The van der Waals surface area contributed by atoms with Gasteiger partial charge in [-0.15, -0.1) is 0 Å². The molecule has 4 nitrogen and oxygen atoms in total. The molecule has 0 aliphatic heterocycles. The normalized spacial score (nSPS) is 11.3. The third kappa shape index (κ3) is 3.55. The Morgan fingerprint density at radius 1 is 1.10 bits per heavy atom. The molecule has 2 rings (SSSR count). The van der Waals surface area contributed by atoms with Gasteiger partial charge in [0.1, 0.15) is 5.82 Å². The highest BCUT2D eigenvalue weighted by atomic mass is 32.2. The third-order valence-electron chi connectivity index (χ3n) is 2.81. The van der Waals surface area contributed by atoms with Crippen LogP contribution in [0.4, 0.5) is 10.1 Å². The number of hydrogen-bond acceptors (Lipinski definition) is 3. The maximum Gasteiger partial charge on any atom is 0.240 e. The van der Waals surface area contributed by atoms with Gasteiger partial charge in [-0.2, -0.15) is 0 Å². The Morgan fingerprint density at radius 3 is 2.40 bits per heavy atom. The summed E-state index contributed by atoms with van der Waals surface area (Å²) in [4.78, 5) is 0.174. The molecule has 0 aliphatic rings. The molecule has 2 N–H and O–H groups in total. The molecule has 0 heterocycles. The van der Waals surface area contributed by atoms with Crippen LogP contribution in [0.3, 0.4) is 0 Å². The maximum atomic E-state index is 13.0. The van der Waals surface area contributed by atoms with Gasteiger partial charge in [0, 0.05) is 19.3 Å². The number of nitrogens with one attached hydrogen (secondary N) is 2. The predicted molar refractivity (Wildman–Crippen MR) is 76.4 cm³/mol. The summed E-state index contributed by atoms with van der Waals surface area (Å²) >= 11 is 0. The van der Waals surface area contributed by atoms with Gasteiger partial charge in [0.25, 0.3) is 0 Å². The van der Waals surface area contributed by atoms with E-state index in [0.29, 0.717) is 5.56 Å². The smallest absolute Gasteiger partial charge is 0.240 e. The second kappa shape index (κ2) is 6.02. The SMILES string of the molecule is CNc1ccc(S(=O)(=O)NCc2cccc(F)c2)cc1. The average molecular weight is 294 g/mol. The van der Waals surface area contributed by atoms with Crippen LogP contribution in [0.25, 0.3) is 0 Å². The minimum atomic E-state index is -3.60. The molecule has 2 aromatic carbocycles. The van der Waals surface area contributed by atoms with Crippen LogP contribution in [0.15, 0.2) is 53.4 Å². The van der Waals surface area contributed by atoms with Crippen LogP contribution in [0, 0.1) is 5.82 Å². The van der Waals surface area contributed by atoms with E-state index in [1.807, 2.05) is 0 Å². The summed E-state index contributed by atoms with van der Waals surface area (Å²) < 4.78 is 39.6. The fourth-order valence-electron chi connectivity index (χ4n) is 1.71. The summed E-state index contributed by atoms with van der Waals surface area (Å²) in [5.74, 6) is -0.389. The lowest BCUT2D eigenvalue weighted by atomic mass is 10.2. The van der Waals surface area contributed by atoms with Gasteiger partial charge >= 0.3 is 0 Å². The first-order chi connectivity index (χ1) is 9.51. The standard InChI is InChI=1S/C14H15FN2O2S/c1-16-13-5-7-14(8-6-13)20(18,19)17-10-11-3-2-4-12(15)9-11/h2-9,16-17H,10H2,1H3. The second-order valence-electron chi connectivity index (χ2n) is 4.23. The average Bonchev–Trinajstić information content (AvgIpc) is 2.45. The van der Waals surface area contributed by atoms with Gasteiger partial charge in [0.05, 0.1) is 4.90 Å². The number of hydrogen-bond donors (Lipinski definition) is 2. The van der Waals surface area contributed by atoms with Crippen molar-refractivity contribution in [2.24, 2.45) is 0 Å². The monoisotopic (exact) mass is 294 g/mol. The molecule has 0 aromatic heterocycles. The quantitative estimate of drug-likeness (QED) is 0.890. The van der Waals surface area contributed by atoms with Crippen molar-refractivity contribution in [1.82, 2.24) is 4.72 Å². The molecule has 0 aliphatic carbocycles. The lowest BCUT2D eigenvalue weighted by Gasteiger charge is -2.08. The van der Waals surface area contributed by atoms with Crippen molar-refractivity contribution in [1.29, 1.82) is 0 Å². The van der Waals surface area contributed by atoms with Crippen molar-refractivity contribution in [2.75, 3.05) is 12.4 Å². The molecule has 0 bridgehead atoms. The van der Waals surface area contributed by atoms with Crippen LogP contribution in [-0.2, 0) is 16.6 Å². The largest absolute Gasteiger partial charge is 0.388 e. The van der Waals surface area contributed by atoms with Crippen molar-refractivity contribution >= 4 is 15.7 Å². The van der Waals surface area contributed by atoms with E-state index >= 15 is 0 Å². The van der Waals surface area contributed by atoms with E-state index in [2.05, 4.69) is 10.0 Å². The highest BCUT2D eigenvalue weighted by molar-refractivity contribution is 7.89. The number of sulfonamides is 1. The molecule has 0 saturated heterocycles. The minimum absolute atomic E-state index is 0.0495. The van der Waals surface area contributed by atoms with Crippen LogP contribution in [0.2, 0.25) is 0 Å². The first-order valence-electron chi connectivity index (χ1n) is 6.03. The minimum Gasteiger partial charge on any atom is -0.388 e. The molecular formula is C14H15FN2O2S. The van der Waals surface area contributed by atoms with E-state index in [-0.39, 0.29) is 17.3 Å². The molecule has 0 saturated carbocycles. The number of halogens is 1. The van der Waals surface area contributed by atoms with Gasteiger partial charge in [0.2, 0.25) is 10.0 Å². The van der Waals surface area contributed by atoms with Crippen LogP contribution >= 0.6 is 0 Å². The van der Waals surface area contributed by atoms with Gasteiger partial charge < -0.3 is 5.32 Å². The van der Waals surface area contributed by atoms with E-state index in [1.165, 1.54) is 24.3 Å². The van der Waals surface area contributed by atoms with E-state index in [1.54, 1.807) is 31.3 Å². The zero-order valence-corrected chi connectivity index (χ0v) is 11.7. The fourth-order valence-corrected chi connectivity index (χ4v) is 2.73. The van der Waals surface area contributed by atoms with E-state index < -0.39 is 10.0 Å². The molecule has 0 atom stereocenters.